The average molecular weight is 218 g/mol. The van der Waals surface area contributed by atoms with Crippen LogP contribution in [0.3, 0.4) is 0 Å². The van der Waals surface area contributed by atoms with Crippen molar-refractivity contribution in [2.75, 3.05) is 17.8 Å². The molecule has 1 aromatic heterocycles. The summed E-state index contributed by atoms with van der Waals surface area (Å²) in [4.78, 5) is 0. The molecule has 0 atom stereocenters. The van der Waals surface area contributed by atoms with Gasteiger partial charge in [-0.25, -0.2) is 0 Å². The van der Waals surface area contributed by atoms with Crippen molar-refractivity contribution in [2.24, 2.45) is 0 Å². The normalized spacial score (nSPS) is 11.9. The molecule has 2 N–H and O–H groups in total. The van der Waals surface area contributed by atoms with Gasteiger partial charge in [0.1, 0.15) is 5.82 Å². The van der Waals surface area contributed by atoms with E-state index in [1.807, 2.05) is 0 Å². The Bertz CT molecular complexity index is 355. The van der Waals surface area contributed by atoms with Crippen LogP contribution in [0, 0.1) is 0 Å². The number of nitrogens with one attached hydrogen (secondary N) is 2. The summed E-state index contributed by atoms with van der Waals surface area (Å²) in [5.41, 5.74) is 0. The average Bonchev–Trinajstić information content (AvgIpc) is 2.57. The maximum atomic E-state index is 11.6. The zero-order valence-electron chi connectivity index (χ0n) is 8.19. The quantitative estimate of drug-likeness (QED) is 0.751. The van der Waals surface area contributed by atoms with Crippen molar-refractivity contribution < 1.29 is 8.42 Å². The van der Waals surface area contributed by atoms with Crippen LogP contribution in [-0.4, -0.2) is 36.0 Å². The van der Waals surface area contributed by atoms with Crippen LogP contribution in [0.2, 0.25) is 0 Å². The van der Waals surface area contributed by atoms with Crippen molar-refractivity contribution in [3.05, 3.63) is 12.3 Å². The van der Waals surface area contributed by atoms with Gasteiger partial charge in [-0.1, -0.05) is 13.8 Å². The molecule has 0 aliphatic rings. The van der Waals surface area contributed by atoms with Crippen molar-refractivity contribution in [2.45, 2.75) is 13.8 Å². The topological polar surface area (TPSA) is 78.1 Å². The van der Waals surface area contributed by atoms with Gasteiger partial charge in [0.25, 0.3) is 0 Å². The van der Waals surface area contributed by atoms with Crippen LogP contribution in [-0.2, 0) is 10.2 Å². The first-order valence-corrected chi connectivity index (χ1v) is 5.81. The summed E-state index contributed by atoms with van der Waals surface area (Å²) in [6.45, 7) is 4.46. The van der Waals surface area contributed by atoms with Gasteiger partial charge in [-0.15, -0.1) is 0 Å². The molecule has 0 aliphatic heterocycles. The number of aromatic nitrogens is 2. The lowest BCUT2D eigenvalue weighted by molar-refractivity contribution is 0.449. The molecular weight excluding hydrogens is 204 g/mol. The lowest BCUT2D eigenvalue weighted by atomic mass is 10.7. The second kappa shape index (κ2) is 4.43. The van der Waals surface area contributed by atoms with Crippen LogP contribution >= 0.6 is 0 Å². The Morgan fingerprint density at radius 3 is 2.57 bits per heavy atom. The molecule has 0 aliphatic carbocycles. The molecule has 14 heavy (non-hydrogen) atoms. The number of anilines is 1. The molecule has 6 nitrogen and oxygen atoms in total. The SMILES string of the molecule is CCN(CC)S(=O)(=O)Nc1ccn[nH]1. The highest BCUT2D eigenvalue weighted by Gasteiger charge is 2.18. The van der Waals surface area contributed by atoms with Gasteiger partial charge in [0.2, 0.25) is 0 Å². The predicted molar refractivity (Wildman–Crippen MR) is 54.1 cm³/mol. The predicted octanol–water partition coefficient (Wildman–Crippen LogP) is 0.408. The molecule has 1 rings (SSSR count). The Hall–Kier alpha value is -1.08. The van der Waals surface area contributed by atoms with Crippen molar-refractivity contribution in [1.82, 2.24) is 14.5 Å². The summed E-state index contributed by atoms with van der Waals surface area (Å²) in [5, 5.41) is 6.18. The van der Waals surface area contributed by atoms with Crippen LogP contribution in [0.5, 0.6) is 0 Å². The first-order chi connectivity index (χ1) is 6.60. The Morgan fingerprint density at radius 1 is 1.50 bits per heavy atom. The van der Waals surface area contributed by atoms with Crippen molar-refractivity contribution >= 4 is 16.0 Å². The van der Waals surface area contributed by atoms with Crippen LogP contribution in [0.1, 0.15) is 13.8 Å². The van der Waals surface area contributed by atoms with E-state index in [4.69, 9.17) is 0 Å². The molecule has 0 radical (unpaired) electrons. The fourth-order valence-electron chi connectivity index (χ4n) is 1.08. The molecule has 0 saturated heterocycles. The van der Waals surface area contributed by atoms with E-state index < -0.39 is 10.2 Å². The van der Waals surface area contributed by atoms with Crippen molar-refractivity contribution in [3.8, 4) is 0 Å². The molecule has 0 bridgehead atoms. The highest BCUT2D eigenvalue weighted by atomic mass is 32.2. The molecule has 0 amide bonds. The first-order valence-electron chi connectivity index (χ1n) is 4.37. The molecule has 1 heterocycles. The molecule has 0 fully saturated rings. The van der Waals surface area contributed by atoms with Gasteiger partial charge in [-0.2, -0.15) is 17.8 Å². The van der Waals surface area contributed by atoms with Crippen LogP contribution < -0.4 is 4.72 Å². The summed E-state index contributed by atoms with van der Waals surface area (Å²) in [6.07, 6.45) is 1.49. The van der Waals surface area contributed by atoms with Gasteiger partial charge in [0.15, 0.2) is 0 Å². The Labute approximate surface area is 83.5 Å². The highest BCUT2D eigenvalue weighted by molar-refractivity contribution is 7.90. The molecule has 1 aromatic rings. The first kappa shape index (κ1) is 11.0. The maximum Gasteiger partial charge on any atom is 0.302 e. The Balaban J connectivity index is 2.76. The van der Waals surface area contributed by atoms with E-state index in [1.165, 1.54) is 10.5 Å². The number of rotatable bonds is 5. The van der Waals surface area contributed by atoms with E-state index in [9.17, 15) is 8.42 Å². The van der Waals surface area contributed by atoms with Gasteiger partial charge in [0, 0.05) is 19.2 Å². The third kappa shape index (κ3) is 2.46. The minimum Gasteiger partial charge on any atom is -0.262 e. The fourth-order valence-corrected chi connectivity index (χ4v) is 2.28. The van der Waals surface area contributed by atoms with E-state index in [0.717, 1.165) is 0 Å². The minimum atomic E-state index is -3.43. The van der Waals surface area contributed by atoms with E-state index in [1.54, 1.807) is 19.9 Å². The third-order valence-corrected chi connectivity index (χ3v) is 3.46. The summed E-state index contributed by atoms with van der Waals surface area (Å²) < 4.78 is 27.0. The summed E-state index contributed by atoms with van der Waals surface area (Å²) in [7, 11) is -3.43. The van der Waals surface area contributed by atoms with Crippen molar-refractivity contribution in [1.29, 1.82) is 0 Å². The smallest absolute Gasteiger partial charge is 0.262 e. The molecular formula is C7H14N4O2S. The molecule has 0 spiro atoms. The van der Waals surface area contributed by atoms with Gasteiger partial charge >= 0.3 is 10.2 Å². The monoisotopic (exact) mass is 218 g/mol. The standard InChI is InChI=1S/C7H14N4O2S/c1-3-11(4-2)14(12,13)10-7-5-6-8-9-7/h5-6H,3-4H2,1-2H3,(H2,8,9,10). The number of nitrogens with zero attached hydrogens (tertiary/aromatic N) is 2. The number of aromatic amines is 1. The van der Waals surface area contributed by atoms with Crippen molar-refractivity contribution in [3.63, 3.8) is 0 Å². The van der Waals surface area contributed by atoms with Gasteiger partial charge in [-0.05, 0) is 0 Å². The lowest BCUT2D eigenvalue weighted by Crippen LogP contribution is -2.35. The summed E-state index contributed by atoms with van der Waals surface area (Å²) in [6, 6.07) is 1.56. The highest BCUT2D eigenvalue weighted by Crippen LogP contribution is 2.06. The van der Waals surface area contributed by atoms with Crippen LogP contribution in [0.4, 0.5) is 5.82 Å². The zero-order valence-corrected chi connectivity index (χ0v) is 9.00. The van der Waals surface area contributed by atoms with Gasteiger partial charge < -0.3 is 0 Å². The van der Waals surface area contributed by atoms with Gasteiger partial charge in [0.05, 0.1) is 6.20 Å². The second-order valence-corrected chi connectivity index (χ2v) is 4.33. The number of hydrogen-bond acceptors (Lipinski definition) is 3. The van der Waals surface area contributed by atoms with Gasteiger partial charge in [-0.3, -0.25) is 9.82 Å². The van der Waals surface area contributed by atoms with Crippen LogP contribution in [0.25, 0.3) is 0 Å². The summed E-state index contributed by atoms with van der Waals surface area (Å²) >= 11 is 0. The second-order valence-electron chi connectivity index (χ2n) is 2.66. The summed E-state index contributed by atoms with van der Waals surface area (Å²) in [5.74, 6) is 0.372. The largest absolute Gasteiger partial charge is 0.302 e. The molecule has 0 aromatic carbocycles. The Morgan fingerprint density at radius 2 is 2.14 bits per heavy atom. The Kier molecular flexibility index (Phi) is 3.48. The molecule has 0 saturated carbocycles. The van der Waals surface area contributed by atoms with E-state index in [2.05, 4.69) is 14.9 Å². The maximum absolute atomic E-state index is 11.6. The lowest BCUT2D eigenvalue weighted by Gasteiger charge is -2.18. The van der Waals surface area contributed by atoms with Crippen LogP contribution in [0.15, 0.2) is 12.3 Å². The molecule has 0 unspecified atom stereocenters. The zero-order chi connectivity index (χ0) is 10.6. The molecule has 80 valence electrons. The third-order valence-electron chi connectivity index (χ3n) is 1.79. The van der Waals surface area contributed by atoms with E-state index in [0.29, 0.717) is 18.9 Å². The minimum absolute atomic E-state index is 0.372. The number of H-pyrrole nitrogens is 1. The van der Waals surface area contributed by atoms with E-state index >= 15 is 0 Å². The van der Waals surface area contributed by atoms with E-state index in [-0.39, 0.29) is 0 Å². The fraction of sp³-hybridized carbons (Fsp3) is 0.571. The number of hydrogen-bond donors (Lipinski definition) is 2. The molecule has 7 heteroatoms.